The summed E-state index contributed by atoms with van der Waals surface area (Å²) in [6.07, 6.45) is -1.13. The molecule has 3 heterocycles. The Hall–Kier alpha value is -0.280. The van der Waals surface area contributed by atoms with Gasteiger partial charge < -0.3 is 29.2 Å². The van der Waals surface area contributed by atoms with Crippen LogP contribution in [0.25, 0.3) is 0 Å². The number of nitrogens with one attached hydrogen (secondary N) is 1. The van der Waals surface area contributed by atoms with E-state index in [1.54, 1.807) is 0 Å². The summed E-state index contributed by atoms with van der Waals surface area (Å²) in [7, 11) is 0. The molecule has 0 spiro atoms. The van der Waals surface area contributed by atoms with Crippen LogP contribution in [0.1, 0.15) is 26.7 Å². The highest BCUT2D eigenvalue weighted by atomic mass is 16.8. The highest BCUT2D eigenvalue weighted by molar-refractivity contribution is 4.98. The summed E-state index contributed by atoms with van der Waals surface area (Å²) in [4.78, 5) is 0. The van der Waals surface area contributed by atoms with Crippen molar-refractivity contribution in [3.8, 4) is 0 Å². The SMILES string of the molecule is CC1(C)O[C@@H]2[C@H](O1)[C@@H](OC1CCCN1)O[C@@H]2[C@@H](O)CO. The number of aliphatic hydroxyl groups is 2. The molecule has 0 amide bonds. The van der Waals surface area contributed by atoms with E-state index in [9.17, 15) is 5.11 Å². The van der Waals surface area contributed by atoms with E-state index in [4.69, 9.17) is 24.1 Å². The third-order valence-electron chi connectivity index (χ3n) is 3.93. The minimum atomic E-state index is -1.01. The van der Waals surface area contributed by atoms with Crippen LogP contribution in [0, 0.1) is 0 Å². The number of ether oxygens (including phenoxy) is 4. The van der Waals surface area contributed by atoms with E-state index < -0.39 is 36.5 Å². The van der Waals surface area contributed by atoms with Crippen LogP contribution in [0.2, 0.25) is 0 Å². The second-order valence-corrected chi connectivity index (χ2v) is 6.00. The maximum absolute atomic E-state index is 9.87. The van der Waals surface area contributed by atoms with E-state index >= 15 is 0 Å². The van der Waals surface area contributed by atoms with E-state index in [1.807, 2.05) is 13.8 Å². The summed E-state index contributed by atoms with van der Waals surface area (Å²) in [5, 5.41) is 22.2. The molecule has 3 saturated heterocycles. The molecule has 0 bridgehead atoms. The van der Waals surface area contributed by atoms with Crippen molar-refractivity contribution in [1.82, 2.24) is 5.32 Å². The summed E-state index contributed by atoms with van der Waals surface area (Å²) in [6.45, 7) is 4.18. The van der Waals surface area contributed by atoms with Gasteiger partial charge in [-0.05, 0) is 33.2 Å². The summed E-state index contributed by atoms with van der Waals surface area (Å²) in [5.74, 6) is -0.739. The van der Waals surface area contributed by atoms with Crippen LogP contribution in [0.15, 0.2) is 0 Å². The first-order valence-electron chi connectivity index (χ1n) is 7.19. The van der Waals surface area contributed by atoms with Gasteiger partial charge in [0.25, 0.3) is 0 Å². The van der Waals surface area contributed by atoms with Gasteiger partial charge in [-0.3, -0.25) is 5.32 Å². The van der Waals surface area contributed by atoms with Gasteiger partial charge in [0.15, 0.2) is 12.1 Å². The minimum Gasteiger partial charge on any atom is -0.394 e. The Morgan fingerprint density at radius 3 is 2.75 bits per heavy atom. The van der Waals surface area contributed by atoms with Crippen LogP contribution in [0.5, 0.6) is 0 Å². The minimum absolute atomic E-state index is 0.0574. The lowest BCUT2D eigenvalue weighted by molar-refractivity contribution is -0.255. The average molecular weight is 289 g/mol. The maximum Gasteiger partial charge on any atom is 0.189 e. The van der Waals surface area contributed by atoms with Crippen molar-refractivity contribution in [2.24, 2.45) is 0 Å². The Morgan fingerprint density at radius 2 is 2.10 bits per heavy atom. The predicted molar refractivity (Wildman–Crippen MR) is 67.7 cm³/mol. The van der Waals surface area contributed by atoms with E-state index in [0.29, 0.717) is 0 Å². The van der Waals surface area contributed by atoms with Gasteiger partial charge in [-0.15, -0.1) is 0 Å². The average Bonchev–Trinajstić information content (AvgIpc) is 3.06. The molecule has 0 aromatic carbocycles. The van der Waals surface area contributed by atoms with Gasteiger partial charge >= 0.3 is 0 Å². The molecule has 0 aliphatic carbocycles. The number of rotatable bonds is 4. The van der Waals surface area contributed by atoms with Crippen molar-refractivity contribution in [3.63, 3.8) is 0 Å². The molecular weight excluding hydrogens is 266 g/mol. The Morgan fingerprint density at radius 1 is 1.35 bits per heavy atom. The molecule has 3 aliphatic heterocycles. The molecular formula is C13H23NO6. The molecule has 0 aromatic rings. The molecule has 6 atom stereocenters. The molecule has 3 fully saturated rings. The zero-order chi connectivity index (χ0) is 14.3. The Balaban J connectivity index is 1.71. The van der Waals surface area contributed by atoms with Crippen LogP contribution < -0.4 is 5.32 Å². The fraction of sp³-hybridized carbons (Fsp3) is 1.00. The van der Waals surface area contributed by atoms with Gasteiger partial charge in [0.2, 0.25) is 0 Å². The third-order valence-corrected chi connectivity index (χ3v) is 3.93. The molecule has 0 radical (unpaired) electrons. The number of fused-ring (bicyclic) bond motifs is 1. The van der Waals surface area contributed by atoms with E-state index in [0.717, 1.165) is 19.4 Å². The number of hydrogen-bond acceptors (Lipinski definition) is 7. The molecule has 7 nitrogen and oxygen atoms in total. The predicted octanol–water partition coefficient (Wildman–Crippen LogP) is -0.689. The van der Waals surface area contributed by atoms with Gasteiger partial charge in [-0.2, -0.15) is 0 Å². The van der Waals surface area contributed by atoms with Crippen molar-refractivity contribution < 1.29 is 29.2 Å². The Labute approximate surface area is 118 Å². The molecule has 116 valence electrons. The van der Waals surface area contributed by atoms with Crippen molar-refractivity contribution >= 4 is 0 Å². The largest absolute Gasteiger partial charge is 0.394 e. The fourth-order valence-corrected chi connectivity index (χ4v) is 3.05. The van der Waals surface area contributed by atoms with Crippen molar-refractivity contribution in [2.75, 3.05) is 13.2 Å². The van der Waals surface area contributed by atoms with E-state index in [1.165, 1.54) is 0 Å². The summed E-state index contributed by atoms with van der Waals surface area (Å²) in [5.41, 5.74) is 0. The molecule has 7 heteroatoms. The van der Waals surface area contributed by atoms with Crippen molar-refractivity contribution in [3.05, 3.63) is 0 Å². The topological polar surface area (TPSA) is 89.4 Å². The van der Waals surface area contributed by atoms with Crippen molar-refractivity contribution in [2.45, 2.75) is 69.4 Å². The van der Waals surface area contributed by atoms with Crippen LogP contribution in [0.4, 0.5) is 0 Å². The van der Waals surface area contributed by atoms with Gasteiger partial charge in [0, 0.05) is 0 Å². The molecule has 3 N–H and O–H groups in total. The van der Waals surface area contributed by atoms with Gasteiger partial charge in [0.1, 0.15) is 30.6 Å². The lowest BCUT2D eigenvalue weighted by Crippen LogP contribution is -2.40. The molecule has 1 unspecified atom stereocenters. The maximum atomic E-state index is 9.87. The van der Waals surface area contributed by atoms with Gasteiger partial charge in [0.05, 0.1) is 6.61 Å². The second kappa shape index (κ2) is 5.49. The lowest BCUT2D eigenvalue weighted by Gasteiger charge is -2.26. The number of aliphatic hydroxyl groups excluding tert-OH is 2. The Bertz CT molecular complexity index is 346. The summed E-state index contributed by atoms with van der Waals surface area (Å²) in [6, 6.07) is 0. The molecule has 0 saturated carbocycles. The van der Waals surface area contributed by atoms with Crippen LogP contribution in [-0.4, -0.2) is 66.1 Å². The van der Waals surface area contributed by atoms with E-state index in [-0.39, 0.29) is 12.8 Å². The first-order chi connectivity index (χ1) is 9.50. The third kappa shape index (κ3) is 2.71. The van der Waals surface area contributed by atoms with Crippen LogP contribution in [0.3, 0.4) is 0 Å². The zero-order valence-electron chi connectivity index (χ0n) is 11.8. The van der Waals surface area contributed by atoms with Crippen molar-refractivity contribution in [1.29, 1.82) is 0 Å². The van der Waals surface area contributed by atoms with Crippen LogP contribution >= 0.6 is 0 Å². The highest BCUT2D eigenvalue weighted by Gasteiger charge is 2.57. The fourth-order valence-electron chi connectivity index (χ4n) is 3.05. The summed E-state index contributed by atoms with van der Waals surface area (Å²) >= 11 is 0. The molecule has 3 aliphatic rings. The monoisotopic (exact) mass is 289 g/mol. The molecule has 20 heavy (non-hydrogen) atoms. The van der Waals surface area contributed by atoms with Crippen LogP contribution in [-0.2, 0) is 18.9 Å². The summed E-state index contributed by atoms with van der Waals surface area (Å²) < 4.78 is 23.2. The smallest absolute Gasteiger partial charge is 0.189 e. The number of hydrogen-bond donors (Lipinski definition) is 3. The standard InChI is InChI=1S/C13H23NO6/c1-13(2)19-10-9(7(16)6-15)18-12(11(10)20-13)17-8-4-3-5-14-8/h7-12,14-16H,3-6H2,1-2H3/t7-,8?,9+,10-,11-,12-/m0/s1. The van der Waals surface area contributed by atoms with E-state index in [2.05, 4.69) is 5.32 Å². The van der Waals surface area contributed by atoms with Gasteiger partial charge in [-0.1, -0.05) is 0 Å². The highest BCUT2D eigenvalue weighted by Crippen LogP contribution is 2.40. The normalized spacial score (nSPS) is 44.7. The quantitative estimate of drug-likeness (QED) is 0.631. The first kappa shape index (κ1) is 14.6. The molecule has 3 rings (SSSR count). The first-order valence-corrected chi connectivity index (χ1v) is 7.19. The van der Waals surface area contributed by atoms with Gasteiger partial charge in [-0.25, -0.2) is 0 Å². The second-order valence-electron chi connectivity index (χ2n) is 6.00. The lowest BCUT2D eigenvalue weighted by atomic mass is 10.1. The molecule has 0 aromatic heterocycles. The Kier molecular flexibility index (Phi) is 4.02. The zero-order valence-corrected chi connectivity index (χ0v) is 11.8.